The summed E-state index contributed by atoms with van der Waals surface area (Å²) in [6, 6.07) is 8.84. The minimum atomic E-state index is 0.177. The van der Waals surface area contributed by atoms with Gasteiger partial charge in [0, 0.05) is 25.8 Å². The summed E-state index contributed by atoms with van der Waals surface area (Å²) < 4.78 is 0. The largest absolute Gasteiger partial charge is 0.372 e. The van der Waals surface area contributed by atoms with E-state index >= 15 is 0 Å². The molecule has 1 fully saturated rings. The molecule has 0 saturated carbocycles. The Balaban J connectivity index is 2.11. The van der Waals surface area contributed by atoms with Crippen LogP contribution in [0.1, 0.15) is 31.4 Å². The van der Waals surface area contributed by atoms with Gasteiger partial charge in [-0.15, -0.1) is 0 Å². The number of rotatable bonds is 3. The number of guanidine groups is 1. The minimum absolute atomic E-state index is 0.177. The van der Waals surface area contributed by atoms with Gasteiger partial charge in [0.1, 0.15) is 0 Å². The second kappa shape index (κ2) is 5.76. The van der Waals surface area contributed by atoms with Gasteiger partial charge in [0.25, 0.3) is 0 Å². The van der Waals surface area contributed by atoms with Gasteiger partial charge in [0.2, 0.25) is 0 Å². The zero-order chi connectivity index (χ0) is 13.0. The molecular formula is C14H22N4. The molecule has 0 aromatic heterocycles. The van der Waals surface area contributed by atoms with Crippen molar-refractivity contribution in [2.75, 3.05) is 25.0 Å². The Morgan fingerprint density at radius 2 is 2.11 bits per heavy atom. The van der Waals surface area contributed by atoms with Gasteiger partial charge in [0.15, 0.2) is 5.96 Å². The quantitative estimate of drug-likeness (QED) is 0.632. The van der Waals surface area contributed by atoms with E-state index in [1.807, 2.05) is 0 Å². The van der Waals surface area contributed by atoms with Gasteiger partial charge in [-0.05, 0) is 37.5 Å². The number of hydrogen-bond acceptors (Lipinski definition) is 2. The van der Waals surface area contributed by atoms with Gasteiger partial charge < -0.3 is 16.0 Å². The average Bonchev–Trinajstić information content (AvgIpc) is 2.92. The highest BCUT2D eigenvalue weighted by Crippen LogP contribution is 2.23. The SMILES string of the molecule is CN=C(N)NC(C)c1cccc(N2CCCC2)c1. The molecule has 4 nitrogen and oxygen atoms in total. The Morgan fingerprint density at radius 1 is 1.39 bits per heavy atom. The van der Waals surface area contributed by atoms with Crippen LogP contribution >= 0.6 is 0 Å². The summed E-state index contributed by atoms with van der Waals surface area (Å²) in [5.74, 6) is 0.481. The lowest BCUT2D eigenvalue weighted by Crippen LogP contribution is -2.33. The van der Waals surface area contributed by atoms with Crippen molar-refractivity contribution < 1.29 is 0 Å². The number of aliphatic imine (C=N–C) groups is 1. The Labute approximate surface area is 109 Å². The van der Waals surface area contributed by atoms with E-state index < -0.39 is 0 Å². The second-order valence-electron chi connectivity index (χ2n) is 4.76. The molecule has 1 aliphatic rings. The lowest BCUT2D eigenvalue weighted by molar-refractivity contribution is 0.710. The predicted octanol–water partition coefficient (Wildman–Crippen LogP) is 1.88. The minimum Gasteiger partial charge on any atom is -0.372 e. The summed E-state index contributed by atoms with van der Waals surface area (Å²) in [7, 11) is 1.69. The Morgan fingerprint density at radius 3 is 2.78 bits per heavy atom. The fraction of sp³-hybridized carbons (Fsp3) is 0.500. The van der Waals surface area contributed by atoms with Crippen molar-refractivity contribution in [1.82, 2.24) is 5.32 Å². The summed E-state index contributed by atoms with van der Waals surface area (Å²) in [5, 5.41) is 3.17. The van der Waals surface area contributed by atoms with Gasteiger partial charge in [-0.3, -0.25) is 4.99 Å². The Kier molecular flexibility index (Phi) is 4.07. The van der Waals surface area contributed by atoms with Gasteiger partial charge in [-0.25, -0.2) is 0 Å². The van der Waals surface area contributed by atoms with Crippen LogP contribution in [0, 0.1) is 0 Å². The summed E-state index contributed by atoms with van der Waals surface area (Å²) in [6.07, 6.45) is 2.60. The highest BCUT2D eigenvalue weighted by molar-refractivity contribution is 5.78. The van der Waals surface area contributed by atoms with Crippen LogP contribution in [0.4, 0.5) is 5.69 Å². The first-order chi connectivity index (χ1) is 8.70. The predicted molar refractivity (Wildman–Crippen MR) is 77.0 cm³/mol. The monoisotopic (exact) mass is 246 g/mol. The average molecular weight is 246 g/mol. The molecule has 0 radical (unpaired) electrons. The van der Waals surface area contributed by atoms with E-state index in [0.717, 1.165) is 0 Å². The number of nitrogens with one attached hydrogen (secondary N) is 1. The van der Waals surface area contributed by atoms with E-state index in [2.05, 4.69) is 46.4 Å². The molecule has 3 N–H and O–H groups in total. The smallest absolute Gasteiger partial charge is 0.188 e. The molecule has 0 aliphatic carbocycles. The molecule has 0 spiro atoms. The highest BCUT2D eigenvalue weighted by atomic mass is 15.1. The molecule has 2 rings (SSSR count). The van der Waals surface area contributed by atoms with Crippen LogP contribution in [0.3, 0.4) is 0 Å². The normalized spacial score (nSPS) is 17.9. The van der Waals surface area contributed by atoms with Crippen LogP contribution in [-0.2, 0) is 0 Å². The first-order valence-corrected chi connectivity index (χ1v) is 6.54. The van der Waals surface area contributed by atoms with E-state index in [9.17, 15) is 0 Å². The highest BCUT2D eigenvalue weighted by Gasteiger charge is 2.13. The zero-order valence-electron chi connectivity index (χ0n) is 11.2. The fourth-order valence-electron chi connectivity index (χ4n) is 2.34. The standard InChI is InChI=1S/C14H22N4/c1-11(17-14(15)16-2)12-6-5-7-13(10-12)18-8-3-4-9-18/h5-7,10-11H,3-4,8-9H2,1-2H3,(H3,15,16,17). The van der Waals surface area contributed by atoms with Crippen molar-refractivity contribution in [2.24, 2.45) is 10.7 Å². The van der Waals surface area contributed by atoms with Gasteiger partial charge in [-0.1, -0.05) is 12.1 Å². The first-order valence-electron chi connectivity index (χ1n) is 6.54. The maximum atomic E-state index is 5.70. The van der Waals surface area contributed by atoms with E-state index in [-0.39, 0.29) is 6.04 Å². The van der Waals surface area contributed by atoms with Gasteiger partial charge in [-0.2, -0.15) is 0 Å². The summed E-state index contributed by atoms with van der Waals surface area (Å²) in [6.45, 7) is 4.44. The molecule has 1 heterocycles. The lowest BCUT2D eigenvalue weighted by atomic mass is 10.1. The van der Waals surface area contributed by atoms with Crippen LogP contribution in [0.2, 0.25) is 0 Å². The Hall–Kier alpha value is -1.71. The molecule has 1 unspecified atom stereocenters. The van der Waals surface area contributed by atoms with Crippen molar-refractivity contribution >= 4 is 11.6 Å². The van der Waals surface area contributed by atoms with E-state index in [1.54, 1.807) is 7.05 Å². The molecule has 1 aliphatic heterocycles. The third kappa shape index (κ3) is 2.94. The second-order valence-corrected chi connectivity index (χ2v) is 4.76. The fourth-order valence-corrected chi connectivity index (χ4v) is 2.34. The lowest BCUT2D eigenvalue weighted by Gasteiger charge is -2.20. The van der Waals surface area contributed by atoms with Crippen molar-refractivity contribution in [1.29, 1.82) is 0 Å². The number of benzene rings is 1. The van der Waals surface area contributed by atoms with Crippen molar-refractivity contribution in [3.63, 3.8) is 0 Å². The number of nitrogens with zero attached hydrogens (tertiary/aromatic N) is 2. The molecule has 1 aromatic rings. The van der Waals surface area contributed by atoms with Crippen molar-refractivity contribution in [3.05, 3.63) is 29.8 Å². The molecule has 1 aromatic carbocycles. The van der Waals surface area contributed by atoms with Crippen LogP contribution in [0.5, 0.6) is 0 Å². The molecule has 4 heteroatoms. The summed E-state index contributed by atoms with van der Waals surface area (Å²) >= 11 is 0. The molecule has 1 atom stereocenters. The maximum Gasteiger partial charge on any atom is 0.188 e. The van der Waals surface area contributed by atoms with Gasteiger partial charge in [0.05, 0.1) is 6.04 Å². The number of hydrogen-bond donors (Lipinski definition) is 2. The molecular weight excluding hydrogens is 224 g/mol. The van der Waals surface area contributed by atoms with Crippen LogP contribution < -0.4 is 16.0 Å². The van der Waals surface area contributed by atoms with Crippen LogP contribution in [0.25, 0.3) is 0 Å². The van der Waals surface area contributed by atoms with Gasteiger partial charge >= 0.3 is 0 Å². The summed E-state index contributed by atoms with van der Waals surface area (Å²) in [4.78, 5) is 6.36. The number of nitrogens with two attached hydrogens (primary N) is 1. The van der Waals surface area contributed by atoms with E-state index in [4.69, 9.17) is 5.73 Å². The maximum absolute atomic E-state index is 5.70. The number of anilines is 1. The zero-order valence-corrected chi connectivity index (χ0v) is 11.2. The third-order valence-corrected chi connectivity index (χ3v) is 3.45. The molecule has 0 amide bonds. The van der Waals surface area contributed by atoms with Crippen LogP contribution in [0.15, 0.2) is 29.3 Å². The van der Waals surface area contributed by atoms with E-state index in [0.29, 0.717) is 5.96 Å². The summed E-state index contributed by atoms with van der Waals surface area (Å²) in [5.41, 5.74) is 8.25. The third-order valence-electron chi connectivity index (χ3n) is 3.45. The van der Waals surface area contributed by atoms with Crippen LogP contribution in [-0.4, -0.2) is 26.1 Å². The molecule has 18 heavy (non-hydrogen) atoms. The molecule has 98 valence electrons. The first kappa shape index (κ1) is 12.7. The Bertz CT molecular complexity index is 422. The van der Waals surface area contributed by atoms with Crippen molar-refractivity contribution in [3.8, 4) is 0 Å². The molecule has 1 saturated heterocycles. The topological polar surface area (TPSA) is 53.6 Å². The molecule has 0 bridgehead atoms. The van der Waals surface area contributed by atoms with Crippen molar-refractivity contribution in [2.45, 2.75) is 25.8 Å². The van der Waals surface area contributed by atoms with E-state index in [1.165, 1.54) is 37.2 Å².